The Balaban J connectivity index is 2.02. The Hall–Kier alpha value is -0.930. The van der Waals surface area contributed by atoms with Crippen molar-refractivity contribution in [2.24, 2.45) is 0 Å². The van der Waals surface area contributed by atoms with Gasteiger partial charge in [-0.2, -0.15) is 0 Å². The average molecular weight is 292 g/mol. The standard InChI is InChI=1S/C18H29FN2/c1-3-18(4-2)15-20-17(14-21(18)12-8-11-19)13-16-9-6-5-7-10-16/h5-7,9-10,17,20H,3-4,8,11-15H2,1-2H3. The van der Waals surface area contributed by atoms with Gasteiger partial charge in [-0.1, -0.05) is 44.2 Å². The summed E-state index contributed by atoms with van der Waals surface area (Å²) >= 11 is 0. The van der Waals surface area contributed by atoms with Crippen molar-refractivity contribution in [3.8, 4) is 0 Å². The van der Waals surface area contributed by atoms with Crippen molar-refractivity contribution in [2.45, 2.75) is 51.1 Å². The highest BCUT2D eigenvalue weighted by Crippen LogP contribution is 2.27. The zero-order chi connectivity index (χ0) is 15.1. The van der Waals surface area contributed by atoms with E-state index in [-0.39, 0.29) is 12.2 Å². The van der Waals surface area contributed by atoms with Crippen LogP contribution in [0.1, 0.15) is 38.7 Å². The number of halogens is 1. The fourth-order valence-corrected chi connectivity index (χ4v) is 3.53. The van der Waals surface area contributed by atoms with Crippen LogP contribution in [0.2, 0.25) is 0 Å². The number of piperazine rings is 1. The third-order valence-corrected chi connectivity index (χ3v) is 5.03. The molecule has 1 aliphatic rings. The first kappa shape index (κ1) is 16.4. The van der Waals surface area contributed by atoms with E-state index in [9.17, 15) is 4.39 Å². The second-order valence-electron chi connectivity index (χ2n) is 6.19. The minimum atomic E-state index is -0.212. The van der Waals surface area contributed by atoms with Gasteiger partial charge in [0, 0.05) is 31.2 Å². The molecule has 1 aliphatic heterocycles. The molecule has 1 saturated heterocycles. The number of nitrogens with one attached hydrogen (secondary N) is 1. The van der Waals surface area contributed by atoms with Crippen LogP contribution in [-0.2, 0) is 6.42 Å². The normalized spacial score (nSPS) is 22.3. The zero-order valence-electron chi connectivity index (χ0n) is 13.4. The average Bonchev–Trinajstić information content (AvgIpc) is 2.54. The second kappa shape index (κ2) is 7.90. The van der Waals surface area contributed by atoms with Crippen LogP contribution in [0.5, 0.6) is 0 Å². The number of hydrogen-bond acceptors (Lipinski definition) is 2. The lowest BCUT2D eigenvalue weighted by molar-refractivity contribution is 0.0294. The molecule has 1 fully saturated rings. The SMILES string of the molecule is CCC1(CC)CNC(Cc2ccccc2)CN1CCCF. The maximum Gasteiger partial charge on any atom is 0.0906 e. The summed E-state index contributed by atoms with van der Waals surface area (Å²) in [4.78, 5) is 2.54. The van der Waals surface area contributed by atoms with Gasteiger partial charge in [0.2, 0.25) is 0 Å². The van der Waals surface area contributed by atoms with Crippen molar-refractivity contribution < 1.29 is 4.39 Å². The molecule has 1 aromatic rings. The number of rotatable bonds is 7. The molecule has 0 amide bonds. The predicted octanol–water partition coefficient (Wildman–Crippen LogP) is 3.42. The van der Waals surface area contributed by atoms with E-state index in [2.05, 4.69) is 54.4 Å². The maximum atomic E-state index is 12.6. The first-order chi connectivity index (χ1) is 10.2. The molecule has 1 heterocycles. The quantitative estimate of drug-likeness (QED) is 0.828. The lowest BCUT2D eigenvalue weighted by Crippen LogP contribution is -2.64. The van der Waals surface area contributed by atoms with E-state index in [0.717, 1.165) is 38.9 Å². The van der Waals surface area contributed by atoms with Crippen LogP contribution in [0.3, 0.4) is 0 Å². The van der Waals surface area contributed by atoms with Crippen molar-refractivity contribution >= 4 is 0 Å². The van der Waals surface area contributed by atoms with Gasteiger partial charge in [-0.25, -0.2) is 0 Å². The van der Waals surface area contributed by atoms with E-state index in [1.807, 2.05) is 0 Å². The van der Waals surface area contributed by atoms with Crippen LogP contribution in [-0.4, -0.2) is 42.8 Å². The Morgan fingerprint density at radius 1 is 1.24 bits per heavy atom. The smallest absolute Gasteiger partial charge is 0.0906 e. The van der Waals surface area contributed by atoms with E-state index in [1.54, 1.807) is 0 Å². The summed E-state index contributed by atoms with van der Waals surface area (Å²) in [6.07, 6.45) is 3.96. The Morgan fingerprint density at radius 2 is 1.95 bits per heavy atom. The zero-order valence-corrected chi connectivity index (χ0v) is 13.4. The van der Waals surface area contributed by atoms with Gasteiger partial charge in [0.05, 0.1) is 6.67 Å². The van der Waals surface area contributed by atoms with E-state index in [0.29, 0.717) is 12.5 Å². The van der Waals surface area contributed by atoms with Gasteiger partial charge in [0.15, 0.2) is 0 Å². The molecule has 1 N–H and O–H groups in total. The molecule has 3 heteroatoms. The van der Waals surface area contributed by atoms with Crippen molar-refractivity contribution in [3.63, 3.8) is 0 Å². The first-order valence-corrected chi connectivity index (χ1v) is 8.32. The highest BCUT2D eigenvalue weighted by Gasteiger charge is 2.38. The van der Waals surface area contributed by atoms with Crippen LogP contribution in [0.4, 0.5) is 4.39 Å². The molecule has 1 atom stereocenters. The highest BCUT2D eigenvalue weighted by molar-refractivity contribution is 5.16. The summed E-state index contributed by atoms with van der Waals surface area (Å²) in [7, 11) is 0. The largest absolute Gasteiger partial charge is 0.311 e. The van der Waals surface area contributed by atoms with Crippen LogP contribution in [0.25, 0.3) is 0 Å². The lowest BCUT2D eigenvalue weighted by atomic mass is 9.86. The van der Waals surface area contributed by atoms with Gasteiger partial charge < -0.3 is 5.32 Å². The first-order valence-electron chi connectivity index (χ1n) is 8.32. The molecule has 2 nitrogen and oxygen atoms in total. The van der Waals surface area contributed by atoms with E-state index < -0.39 is 0 Å². The molecule has 0 radical (unpaired) electrons. The molecule has 0 aromatic heterocycles. The molecule has 1 unspecified atom stereocenters. The topological polar surface area (TPSA) is 15.3 Å². The van der Waals surface area contributed by atoms with Gasteiger partial charge in [-0.15, -0.1) is 0 Å². The number of nitrogens with zero attached hydrogens (tertiary/aromatic N) is 1. The van der Waals surface area contributed by atoms with Crippen LogP contribution in [0, 0.1) is 0 Å². The van der Waals surface area contributed by atoms with Crippen molar-refractivity contribution in [1.82, 2.24) is 10.2 Å². The number of alkyl halides is 1. The highest BCUT2D eigenvalue weighted by atomic mass is 19.1. The lowest BCUT2D eigenvalue weighted by Gasteiger charge is -2.50. The fraction of sp³-hybridized carbons (Fsp3) is 0.667. The summed E-state index contributed by atoms with van der Waals surface area (Å²) in [5.74, 6) is 0. The van der Waals surface area contributed by atoms with E-state index in [4.69, 9.17) is 0 Å². The fourth-order valence-electron chi connectivity index (χ4n) is 3.53. The third-order valence-electron chi connectivity index (χ3n) is 5.03. The van der Waals surface area contributed by atoms with Crippen LogP contribution in [0.15, 0.2) is 30.3 Å². The second-order valence-corrected chi connectivity index (χ2v) is 6.19. The molecule has 1 aromatic carbocycles. The van der Waals surface area contributed by atoms with E-state index >= 15 is 0 Å². The van der Waals surface area contributed by atoms with Crippen molar-refractivity contribution in [1.29, 1.82) is 0 Å². The van der Waals surface area contributed by atoms with Crippen LogP contribution < -0.4 is 5.32 Å². The number of hydrogen-bond donors (Lipinski definition) is 1. The minimum Gasteiger partial charge on any atom is -0.311 e. The summed E-state index contributed by atoms with van der Waals surface area (Å²) in [5, 5.41) is 3.73. The minimum absolute atomic E-state index is 0.211. The summed E-state index contributed by atoms with van der Waals surface area (Å²) in [5.41, 5.74) is 1.59. The van der Waals surface area contributed by atoms with Crippen molar-refractivity contribution in [2.75, 3.05) is 26.3 Å². The maximum absolute atomic E-state index is 12.6. The Morgan fingerprint density at radius 3 is 2.57 bits per heavy atom. The molecule has 0 spiro atoms. The van der Waals surface area contributed by atoms with Gasteiger partial charge in [-0.3, -0.25) is 9.29 Å². The van der Waals surface area contributed by atoms with Gasteiger partial charge in [-0.05, 0) is 31.2 Å². The molecule has 21 heavy (non-hydrogen) atoms. The third kappa shape index (κ3) is 4.04. The van der Waals surface area contributed by atoms with Gasteiger partial charge in [0.1, 0.15) is 0 Å². The molecule has 0 bridgehead atoms. The summed E-state index contributed by atoms with van der Waals surface area (Å²) < 4.78 is 12.6. The van der Waals surface area contributed by atoms with Gasteiger partial charge in [0.25, 0.3) is 0 Å². The molecule has 118 valence electrons. The summed E-state index contributed by atoms with van der Waals surface area (Å²) in [6.45, 7) is 7.22. The van der Waals surface area contributed by atoms with Crippen LogP contribution >= 0.6 is 0 Å². The monoisotopic (exact) mass is 292 g/mol. The van der Waals surface area contributed by atoms with E-state index in [1.165, 1.54) is 5.56 Å². The summed E-state index contributed by atoms with van der Waals surface area (Å²) in [6, 6.07) is 11.1. The molecular weight excluding hydrogens is 263 g/mol. The van der Waals surface area contributed by atoms with Gasteiger partial charge >= 0.3 is 0 Å². The molecule has 0 aliphatic carbocycles. The Bertz CT molecular complexity index is 403. The predicted molar refractivity (Wildman–Crippen MR) is 87.4 cm³/mol. The Labute approximate surface area is 128 Å². The molecule has 2 rings (SSSR count). The Kier molecular flexibility index (Phi) is 6.19. The molecular formula is C18H29FN2. The molecule has 0 saturated carbocycles. The number of benzene rings is 1. The van der Waals surface area contributed by atoms with Crippen molar-refractivity contribution in [3.05, 3.63) is 35.9 Å².